The highest BCUT2D eigenvalue weighted by molar-refractivity contribution is 5.93. The Labute approximate surface area is 211 Å². The van der Waals surface area contributed by atoms with Gasteiger partial charge >= 0.3 is 0 Å². The first-order chi connectivity index (χ1) is 16.1. The van der Waals surface area contributed by atoms with Crippen molar-refractivity contribution in [1.82, 2.24) is 0 Å². The molecule has 0 unspecified atom stereocenters. The molecule has 35 heavy (non-hydrogen) atoms. The highest BCUT2D eigenvalue weighted by Crippen LogP contribution is 2.88. The molecule has 6 fully saturated rings. The predicted octanol–water partition coefficient (Wildman–Crippen LogP) is 4.50. The van der Waals surface area contributed by atoms with Gasteiger partial charge in [-0.25, -0.2) is 0 Å². The standard InChI is InChI=1S/C30H48O5/c1-16-14-17(23(32)26(4,5)34)35-22-21(16)27(6)12-13-30-15-29(30)11-10-20(31)25(2,3)18(29)8-9-19(30)28(27,7)24(22)33/h16-23,31-32,34H,8-15H2,1-7H3/t16-,17-,18+,19+,20+,21+,22+,23+,27-,28-,29-,30+/m1/s1. The Balaban J connectivity index is 1.37. The number of Topliss-reactive ketones (excluding diaryl/α,β-unsaturated/α-hetero) is 1. The lowest BCUT2D eigenvalue weighted by Crippen LogP contribution is -2.59. The van der Waals surface area contributed by atoms with Crippen LogP contribution in [0.5, 0.6) is 0 Å². The quantitative estimate of drug-likeness (QED) is 0.533. The van der Waals surface area contributed by atoms with Crippen LogP contribution in [0.1, 0.15) is 99.8 Å². The van der Waals surface area contributed by atoms with Crippen molar-refractivity contribution in [2.45, 2.75) is 130 Å². The van der Waals surface area contributed by atoms with Crippen molar-refractivity contribution in [3.05, 3.63) is 0 Å². The Hall–Kier alpha value is -0.490. The van der Waals surface area contributed by atoms with E-state index in [1.165, 1.54) is 12.8 Å². The molecule has 0 aromatic heterocycles. The van der Waals surface area contributed by atoms with Crippen molar-refractivity contribution in [1.29, 1.82) is 0 Å². The molecule has 5 aliphatic carbocycles. The molecule has 0 amide bonds. The molecule has 1 saturated heterocycles. The van der Waals surface area contributed by atoms with Crippen molar-refractivity contribution < 1.29 is 24.9 Å². The third kappa shape index (κ3) is 2.68. The lowest BCUT2D eigenvalue weighted by molar-refractivity contribution is -0.193. The summed E-state index contributed by atoms with van der Waals surface area (Å²) in [4.78, 5) is 14.5. The molecule has 5 nitrogen and oxygen atoms in total. The molecule has 0 bridgehead atoms. The van der Waals surface area contributed by atoms with E-state index in [2.05, 4.69) is 34.6 Å². The number of aliphatic hydroxyl groups excluding tert-OH is 2. The molecule has 1 aliphatic heterocycles. The first kappa shape index (κ1) is 24.8. The summed E-state index contributed by atoms with van der Waals surface area (Å²) in [5.74, 6) is 1.61. The maximum atomic E-state index is 14.5. The van der Waals surface area contributed by atoms with Crippen LogP contribution in [0.4, 0.5) is 0 Å². The van der Waals surface area contributed by atoms with Crippen LogP contribution in [-0.2, 0) is 9.53 Å². The molecule has 2 spiro atoms. The minimum atomic E-state index is -1.26. The van der Waals surface area contributed by atoms with E-state index in [9.17, 15) is 20.1 Å². The summed E-state index contributed by atoms with van der Waals surface area (Å²) in [6.45, 7) is 14.7. The van der Waals surface area contributed by atoms with Crippen molar-refractivity contribution in [3.63, 3.8) is 0 Å². The van der Waals surface area contributed by atoms with Crippen molar-refractivity contribution >= 4 is 5.78 Å². The van der Waals surface area contributed by atoms with Gasteiger partial charge in [-0.15, -0.1) is 0 Å². The predicted molar refractivity (Wildman–Crippen MR) is 133 cm³/mol. The van der Waals surface area contributed by atoms with Crippen LogP contribution in [0.25, 0.3) is 0 Å². The van der Waals surface area contributed by atoms with E-state index in [1.54, 1.807) is 13.8 Å². The van der Waals surface area contributed by atoms with Crippen LogP contribution in [0.3, 0.4) is 0 Å². The van der Waals surface area contributed by atoms with Gasteiger partial charge in [-0.1, -0.05) is 34.6 Å². The van der Waals surface area contributed by atoms with Gasteiger partial charge in [0.05, 0.1) is 17.8 Å². The first-order valence-corrected chi connectivity index (χ1v) is 14.4. The van der Waals surface area contributed by atoms with Gasteiger partial charge in [-0.3, -0.25) is 4.79 Å². The van der Waals surface area contributed by atoms with Gasteiger partial charge in [-0.2, -0.15) is 0 Å². The number of hydrogen-bond acceptors (Lipinski definition) is 5. The molecule has 5 heteroatoms. The fourth-order valence-corrected chi connectivity index (χ4v) is 11.7. The third-order valence-corrected chi connectivity index (χ3v) is 13.6. The zero-order valence-electron chi connectivity index (χ0n) is 22.9. The van der Waals surface area contributed by atoms with E-state index in [0.717, 1.165) is 32.1 Å². The fraction of sp³-hybridized carbons (Fsp3) is 0.967. The van der Waals surface area contributed by atoms with E-state index < -0.39 is 29.3 Å². The summed E-state index contributed by atoms with van der Waals surface area (Å²) >= 11 is 0. The van der Waals surface area contributed by atoms with Crippen molar-refractivity contribution in [2.24, 2.45) is 50.7 Å². The van der Waals surface area contributed by atoms with Gasteiger partial charge in [0.1, 0.15) is 12.2 Å². The van der Waals surface area contributed by atoms with E-state index in [-0.39, 0.29) is 40.0 Å². The Morgan fingerprint density at radius 2 is 1.63 bits per heavy atom. The largest absolute Gasteiger partial charge is 0.393 e. The third-order valence-electron chi connectivity index (χ3n) is 13.6. The summed E-state index contributed by atoms with van der Waals surface area (Å²) < 4.78 is 6.49. The lowest BCUT2D eigenvalue weighted by atomic mass is 9.41. The smallest absolute Gasteiger partial charge is 0.168 e. The molecule has 12 atom stereocenters. The fourth-order valence-electron chi connectivity index (χ4n) is 11.7. The molecule has 6 rings (SSSR count). The Morgan fingerprint density at radius 3 is 2.29 bits per heavy atom. The number of fused-ring (bicyclic) bond motifs is 4. The lowest BCUT2D eigenvalue weighted by Gasteiger charge is -2.62. The van der Waals surface area contributed by atoms with Gasteiger partial charge < -0.3 is 20.1 Å². The van der Waals surface area contributed by atoms with Gasteiger partial charge in [-0.05, 0) is 105 Å². The summed E-state index contributed by atoms with van der Waals surface area (Å²) in [6.07, 6.45) is 6.14. The number of rotatable bonds is 2. The van der Waals surface area contributed by atoms with E-state index in [1.807, 2.05) is 0 Å². The Kier molecular flexibility index (Phi) is 4.91. The average molecular weight is 489 g/mol. The van der Waals surface area contributed by atoms with Crippen LogP contribution in [0.15, 0.2) is 0 Å². The number of aliphatic hydroxyl groups is 3. The zero-order chi connectivity index (χ0) is 25.6. The molecule has 6 aliphatic rings. The van der Waals surface area contributed by atoms with Gasteiger partial charge in [0, 0.05) is 11.3 Å². The maximum absolute atomic E-state index is 14.5. The van der Waals surface area contributed by atoms with Crippen LogP contribution >= 0.6 is 0 Å². The van der Waals surface area contributed by atoms with Crippen LogP contribution in [0.2, 0.25) is 0 Å². The van der Waals surface area contributed by atoms with Crippen molar-refractivity contribution in [3.8, 4) is 0 Å². The summed E-state index contributed by atoms with van der Waals surface area (Å²) in [5.41, 5.74) is -1.31. The van der Waals surface area contributed by atoms with Crippen LogP contribution in [0, 0.1) is 50.7 Å². The minimum absolute atomic E-state index is 0.0554. The monoisotopic (exact) mass is 488 g/mol. The molecule has 5 saturated carbocycles. The summed E-state index contributed by atoms with van der Waals surface area (Å²) in [5, 5.41) is 32.2. The second-order valence-electron chi connectivity index (χ2n) is 15.5. The zero-order valence-corrected chi connectivity index (χ0v) is 22.9. The molecule has 1 heterocycles. The molecular formula is C30H48O5. The van der Waals surface area contributed by atoms with Gasteiger partial charge in [0.15, 0.2) is 5.78 Å². The van der Waals surface area contributed by atoms with Gasteiger partial charge in [0.2, 0.25) is 0 Å². The minimum Gasteiger partial charge on any atom is -0.393 e. The molecule has 3 N–H and O–H groups in total. The summed E-state index contributed by atoms with van der Waals surface area (Å²) in [7, 11) is 0. The second-order valence-corrected chi connectivity index (χ2v) is 15.5. The summed E-state index contributed by atoms with van der Waals surface area (Å²) in [6, 6.07) is 0. The maximum Gasteiger partial charge on any atom is 0.168 e. The van der Waals surface area contributed by atoms with E-state index >= 15 is 0 Å². The average Bonchev–Trinajstić information content (AvgIpc) is 3.40. The normalized spacial score (nSPS) is 57.3. The number of carbonyl (C=O) groups excluding carboxylic acids is 1. The second kappa shape index (κ2) is 6.93. The van der Waals surface area contributed by atoms with Crippen molar-refractivity contribution in [2.75, 3.05) is 0 Å². The molecular weight excluding hydrogens is 440 g/mol. The molecule has 0 radical (unpaired) electrons. The Morgan fingerprint density at radius 1 is 1.00 bits per heavy atom. The van der Waals surface area contributed by atoms with Gasteiger partial charge in [0.25, 0.3) is 0 Å². The van der Waals surface area contributed by atoms with Crippen LogP contribution in [-0.4, -0.2) is 51.1 Å². The number of ketones is 1. The first-order valence-electron chi connectivity index (χ1n) is 14.4. The van der Waals surface area contributed by atoms with E-state index in [0.29, 0.717) is 23.7 Å². The highest BCUT2D eigenvalue weighted by atomic mass is 16.5. The topological polar surface area (TPSA) is 87.0 Å². The Bertz CT molecular complexity index is 938. The SMILES string of the molecule is C[C@@H]1C[C@H]([C@H](O)C(C)(C)O)O[C@@H]2C(=O)[C@@]3(C)[C@@H]4CC[C@H]5C(C)(C)[C@@H](O)CC[C@@]56C[C@@]46CC[C@]3(C)[C@@H]12. The number of hydrogen-bond donors (Lipinski definition) is 3. The number of carbonyl (C=O) groups is 1. The van der Waals surface area contributed by atoms with Crippen LogP contribution < -0.4 is 0 Å². The molecule has 198 valence electrons. The highest BCUT2D eigenvalue weighted by Gasteiger charge is 2.84. The molecule has 0 aromatic carbocycles. The molecule has 0 aromatic rings. The van der Waals surface area contributed by atoms with E-state index in [4.69, 9.17) is 4.74 Å². The number of ether oxygens (including phenoxy) is 1.